The average Bonchev–Trinajstić information content (AvgIpc) is 2.90. The summed E-state index contributed by atoms with van der Waals surface area (Å²) < 4.78 is 18.9. The number of halogens is 1. The molecular formula is C16H17FN2O4. The molecule has 0 saturated heterocycles. The Kier molecular flexibility index (Phi) is 5.10. The van der Waals surface area contributed by atoms with Crippen LogP contribution in [0.1, 0.15) is 41.2 Å². The van der Waals surface area contributed by atoms with E-state index in [1.807, 2.05) is 13.8 Å². The second-order valence-electron chi connectivity index (χ2n) is 4.96. The van der Waals surface area contributed by atoms with E-state index in [0.29, 0.717) is 29.9 Å². The normalized spacial score (nSPS) is 10.6. The van der Waals surface area contributed by atoms with E-state index >= 15 is 0 Å². The monoisotopic (exact) mass is 320 g/mol. The van der Waals surface area contributed by atoms with Crippen molar-refractivity contribution in [3.63, 3.8) is 0 Å². The van der Waals surface area contributed by atoms with Crippen LogP contribution in [0, 0.1) is 5.82 Å². The lowest BCUT2D eigenvalue weighted by Gasteiger charge is -2.08. The molecule has 6 nitrogen and oxygen atoms in total. The van der Waals surface area contributed by atoms with Gasteiger partial charge in [0.15, 0.2) is 0 Å². The molecule has 0 aliphatic rings. The van der Waals surface area contributed by atoms with Gasteiger partial charge in [-0.25, -0.2) is 9.18 Å². The third-order valence-corrected chi connectivity index (χ3v) is 3.43. The summed E-state index contributed by atoms with van der Waals surface area (Å²) in [4.78, 5) is 23.1. The van der Waals surface area contributed by atoms with Crippen LogP contribution >= 0.6 is 0 Å². The second-order valence-corrected chi connectivity index (χ2v) is 4.96. The molecule has 1 amide bonds. The zero-order chi connectivity index (χ0) is 17.0. The summed E-state index contributed by atoms with van der Waals surface area (Å²) >= 11 is 0. The van der Waals surface area contributed by atoms with Crippen molar-refractivity contribution >= 4 is 17.6 Å². The molecule has 2 aromatic rings. The van der Waals surface area contributed by atoms with Crippen LogP contribution in [-0.2, 0) is 24.1 Å². The first-order chi connectivity index (χ1) is 11.0. The van der Waals surface area contributed by atoms with Gasteiger partial charge in [0, 0.05) is 12.0 Å². The van der Waals surface area contributed by atoms with E-state index in [4.69, 9.17) is 9.63 Å². The maximum absolute atomic E-state index is 13.7. The maximum atomic E-state index is 13.7. The molecule has 0 unspecified atom stereocenters. The van der Waals surface area contributed by atoms with E-state index in [0.717, 1.165) is 18.2 Å². The summed E-state index contributed by atoms with van der Waals surface area (Å²) in [6, 6.07) is 3.23. The van der Waals surface area contributed by atoms with Crippen molar-refractivity contribution in [2.75, 3.05) is 5.32 Å². The van der Waals surface area contributed by atoms with Gasteiger partial charge in [-0.1, -0.05) is 19.0 Å². The fraction of sp³-hybridized carbons (Fsp3) is 0.312. The van der Waals surface area contributed by atoms with Gasteiger partial charge in [0.05, 0.1) is 23.4 Å². The van der Waals surface area contributed by atoms with Crippen molar-refractivity contribution in [2.45, 2.75) is 33.1 Å². The van der Waals surface area contributed by atoms with Crippen molar-refractivity contribution < 1.29 is 23.6 Å². The highest BCUT2D eigenvalue weighted by atomic mass is 19.1. The van der Waals surface area contributed by atoms with Crippen molar-refractivity contribution in [3.8, 4) is 0 Å². The van der Waals surface area contributed by atoms with Crippen LogP contribution in [0.5, 0.6) is 0 Å². The number of hydrogen-bond donors (Lipinski definition) is 2. The van der Waals surface area contributed by atoms with Crippen LogP contribution in [0.15, 0.2) is 22.7 Å². The van der Waals surface area contributed by atoms with E-state index in [9.17, 15) is 14.0 Å². The molecule has 1 aromatic heterocycles. The molecule has 0 radical (unpaired) electrons. The van der Waals surface area contributed by atoms with Crippen molar-refractivity contribution in [3.05, 3.63) is 46.6 Å². The number of hydrogen-bond acceptors (Lipinski definition) is 4. The minimum absolute atomic E-state index is 0.00736. The minimum Gasteiger partial charge on any atom is -0.478 e. The Morgan fingerprint density at radius 3 is 2.65 bits per heavy atom. The number of aromatic carboxylic acids is 1. The lowest BCUT2D eigenvalue weighted by atomic mass is 10.1. The van der Waals surface area contributed by atoms with Crippen LogP contribution in [0.2, 0.25) is 0 Å². The third-order valence-electron chi connectivity index (χ3n) is 3.43. The van der Waals surface area contributed by atoms with Gasteiger partial charge in [0.25, 0.3) is 0 Å². The first-order valence-electron chi connectivity index (χ1n) is 7.25. The van der Waals surface area contributed by atoms with Gasteiger partial charge in [-0.2, -0.15) is 0 Å². The number of anilines is 1. The number of nitrogens with zero attached hydrogens (tertiary/aromatic N) is 1. The topological polar surface area (TPSA) is 92.4 Å². The largest absolute Gasteiger partial charge is 0.478 e. The number of amides is 1. The molecule has 0 bridgehead atoms. The highest BCUT2D eigenvalue weighted by molar-refractivity contribution is 5.95. The molecular weight excluding hydrogens is 303 g/mol. The lowest BCUT2D eigenvalue weighted by molar-refractivity contribution is -0.115. The van der Waals surface area contributed by atoms with Crippen LogP contribution in [0.3, 0.4) is 0 Å². The smallest absolute Gasteiger partial charge is 0.335 e. The standard InChI is InChI=1S/C16H17FN2O4/c1-3-12-10(14(4-2)23-19-12)8-15(20)18-13-7-9(16(21)22)5-6-11(13)17/h5-7H,3-4,8H2,1-2H3,(H,18,20)(H,21,22). The molecule has 0 aliphatic carbocycles. The van der Waals surface area contributed by atoms with Gasteiger partial charge >= 0.3 is 5.97 Å². The Bertz CT molecular complexity index is 718. The van der Waals surface area contributed by atoms with Gasteiger partial charge in [0.1, 0.15) is 11.6 Å². The molecule has 0 atom stereocenters. The first-order valence-corrected chi connectivity index (χ1v) is 7.25. The molecule has 2 N–H and O–H groups in total. The number of carbonyl (C=O) groups is 2. The van der Waals surface area contributed by atoms with E-state index in [1.165, 1.54) is 0 Å². The zero-order valence-electron chi connectivity index (χ0n) is 12.9. The maximum Gasteiger partial charge on any atom is 0.335 e. The van der Waals surface area contributed by atoms with E-state index in [-0.39, 0.29) is 17.7 Å². The summed E-state index contributed by atoms with van der Waals surface area (Å²) in [7, 11) is 0. The van der Waals surface area contributed by atoms with Crippen LogP contribution in [0.25, 0.3) is 0 Å². The summed E-state index contributed by atoms with van der Waals surface area (Å²) in [5.74, 6) is -1.73. The first kappa shape index (κ1) is 16.7. The lowest BCUT2D eigenvalue weighted by Crippen LogP contribution is -2.17. The number of benzene rings is 1. The van der Waals surface area contributed by atoms with E-state index in [2.05, 4.69) is 10.5 Å². The van der Waals surface area contributed by atoms with E-state index in [1.54, 1.807) is 0 Å². The highest BCUT2D eigenvalue weighted by Gasteiger charge is 2.18. The second kappa shape index (κ2) is 7.04. The van der Waals surface area contributed by atoms with Gasteiger partial charge in [-0.15, -0.1) is 0 Å². The molecule has 7 heteroatoms. The van der Waals surface area contributed by atoms with Crippen molar-refractivity contribution in [1.29, 1.82) is 0 Å². The number of aromatic nitrogens is 1. The number of aryl methyl sites for hydroxylation is 2. The molecule has 0 fully saturated rings. The number of carbonyl (C=O) groups excluding carboxylic acids is 1. The SMILES string of the molecule is CCc1noc(CC)c1CC(=O)Nc1cc(C(=O)O)ccc1F. The van der Waals surface area contributed by atoms with Gasteiger partial charge in [0.2, 0.25) is 5.91 Å². The fourth-order valence-corrected chi connectivity index (χ4v) is 2.25. The molecule has 0 spiro atoms. The summed E-state index contributed by atoms with van der Waals surface area (Å²) in [6.45, 7) is 3.78. The van der Waals surface area contributed by atoms with Crippen LogP contribution < -0.4 is 5.32 Å². The predicted molar refractivity (Wildman–Crippen MR) is 81.0 cm³/mol. The third kappa shape index (κ3) is 3.74. The zero-order valence-corrected chi connectivity index (χ0v) is 12.9. The molecule has 0 aliphatic heterocycles. The van der Waals surface area contributed by atoms with E-state index < -0.39 is 17.7 Å². The molecule has 0 saturated carbocycles. The van der Waals surface area contributed by atoms with Gasteiger partial charge in [-0.05, 0) is 24.6 Å². The Morgan fingerprint density at radius 1 is 1.30 bits per heavy atom. The summed E-state index contributed by atoms with van der Waals surface area (Å²) in [5, 5.41) is 15.2. The highest BCUT2D eigenvalue weighted by Crippen LogP contribution is 2.19. The van der Waals surface area contributed by atoms with Crippen LogP contribution in [0.4, 0.5) is 10.1 Å². The van der Waals surface area contributed by atoms with Gasteiger partial charge < -0.3 is 14.9 Å². The molecule has 122 valence electrons. The summed E-state index contributed by atoms with van der Waals surface area (Å²) in [5.41, 5.74) is 1.12. The predicted octanol–water partition coefficient (Wildman–Crippen LogP) is 2.82. The Hall–Kier alpha value is -2.70. The summed E-state index contributed by atoms with van der Waals surface area (Å²) in [6.07, 6.45) is 1.21. The van der Waals surface area contributed by atoms with Crippen molar-refractivity contribution in [1.82, 2.24) is 5.16 Å². The Labute approximate surface area is 132 Å². The average molecular weight is 320 g/mol. The Balaban J connectivity index is 2.19. The molecule has 23 heavy (non-hydrogen) atoms. The fourth-order valence-electron chi connectivity index (χ4n) is 2.25. The van der Waals surface area contributed by atoms with Crippen molar-refractivity contribution in [2.24, 2.45) is 0 Å². The molecule has 2 rings (SSSR count). The molecule has 1 aromatic carbocycles. The quantitative estimate of drug-likeness (QED) is 0.854. The number of carboxylic acids is 1. The number of carboxylic acid groups (broad SMARTS) is 1. The Morgan fingerprint density at radius 2 is 2.04 bits per heavy atom. The minimum atomic E-state index is -1.19. The van der Waals surface area contributed by atoms with Crippen LogP contribution in [-0.4, -0.2) is 22.1 Å². The number of nitrogens with one attached hydrogen (secondary N) is 1. The molecule has 1 heterocycles. The number of rotatable bonds is 6. The van der Waals surface area contributed by atoms with Gasteiger partial charge in [-0.3, -0.25) is 4.79 Å².